The van der Waals surface area contributed by atoms with E-state index in [2.05, 4.69) is 15.6 Å². The molecule has 1 aromatic rings. The van der Waals surface area contributed by atoms with Crippen LogP contribution in [0.15, 0.2) is 23.2 Å². The molecule has 2 N–H and O–H groups in total. The van der Waals surface area contributed by atoms with Crippen LogP contribution >= 0.6 is 23.2 Å². The number of guanidine groups is 1. The van der Waals surface area contributed by atoms with E-state index in [0.717, 1.165) is 44.0 Å². The summed E-state index contributed by atoms with van der Waals surface area (Å²) in [6.07, 6.45) is 3.21. The molecule has 18 heavy (non-hydrogen) atoms. The van der Waals surface area contributed by atoms with Gasteiger partial charge in [-0.2, -0.15) is 0 Å². The van der Waals surface area contributed by atoms with E-state index in [-0.39, 0.29) is 0 Å². The zero-order valence-corrected chi connectivity index (χ0v) is 11.7. The first-order valence-electron chi connectivity index (χ1n) is 6.21. The van der Waals surface area contributed by atoms with Crippen molar-refractivity contribution in [3.05, 3.63) is 33.8 Å². The summed E-state index contributed by atoms with van der Waals surface area (Å²) in [4.78, 5) is 4.43. The van der Waals surface area contributed by atoms with E-state index < -0.39 is 0 Å². The molecule has 0 aromatic heterocycles. The van der Waals surface area contributed by atoms with Crippen LogP contribution in [-0.2, 0) is 6.42 Å². The van der Waals surface area contributed by atoms with E-state index in [4.69, 9.17) is 23.2 Å². The van der Waals surface area contributed by atoms with Gasteiger partial charge in [0.05, 0.1) is 0 Å². The van der Waals surface area contributed by atoms with Gasteiger partial charge in [0.15, 0.2) is 5.96 Å². The SMILES string of the molecule is Clc1cc(Cl)cc(CCNC2=NCCCCN2)c1. The molecule has 98 valence electrons. The second kappa shape index (κ2) is 6.86. The quantitative estimate of drug-likeness (QED) is 0.896. The topological polar surface area (TPSA) is 36.4 Å². The molecule has 0 fully saturated rings. The lowest BCUT2D eigenvalue weighted by molar-refractivity contribution is 0.741. The number of benzene rings is 1. The second-order valence-electron chi connectivity index (χ2n) is 4.32. The summed E-state index contributed by atoms with van der Waals surface area (Å²) in [7, 11) is 0. The smallest absolute Gasteiger partial charge is 0.191 e. The van der Waals surface area contributed by atoms with Gasteiger partial charge in [-0.15, -0.1) is 0 Å². The summed E-state index contributed by atoms with van der Waals surface area (Å²) >= 11 is 11.9. The summed E-state index contributed by atoms with van der Waals surface area (Å²) in [5.41, 5.74) is 1.13. The fraction of sp³-hybridized carbons (Fsp3) is 0.462. The molecule has 0 spiro atoms. The summed E-state index contributed by atoms with van der Waals surface area (Å²) < 4.78 is 0. The van der Waals surface area contributed by atoms with Gasteiger partial charge in [-0.25, -0.2) is 0 Å². The van der Waals surface area contributed by atoms with Crippen LogP contribution in [0, 0.1) is 0 Å². The first-order valence-corrected chi connectivity index (χ1v) is 6.97. The Kier molecular flexibility index (Phi) is 5.14. The van der Waals surface area contributed by atoms with Crippen LogP contribution in [0.5, 0.6) is 0 Å². The maximum atomic E-state index is 5.96. The van der Waals surface area contributed by atoms with Crippen LogP contribution < -0.4 is 10.6 Å². The summed E-state index contributed by atoms with van der Waals surface area (Å²) in [5, 5.41) is 7.94. The van der Waals surface area contributed by atoms with Gasteiger partial charge in [0, 0.05) is 29.7 Å². The summed E-state index contributed by atoms with van der Waals surface area (Å²) in [6.45, 7) is 2.72. The highest BCUT2D eigenvalue weighted by Crippen LogP contribution is 2.19. The maximum Gasteiger partial charge on any atom is 0.191 e. The van der Waals surface area contributed by atoms with Crippen LogP contribution in [0.2, 0.25) is 10.0 Å². The van der Waals surface area contributed by atoms with Gasteiger partial charge in [-0.05, 0) is 43.0 Å². The first-order chi connectivity index (χ1) is 8.74. The Morgan fingerprint density at radius 2 is 1.94 bits per heavy atom. The van der Waals surface area contributed by atoms with Gasteiger partial charge < -0.3 is 10.6 Å². The number of halogens is 2. The zero-order chi connectivity index (χ0) is 12.8. The third-order valence-corrected chi connectivity index (χ3v) is 3.21. The number of hydrogen-bond donors (Lipinski definition) is 2. The van der Waals surface area contributed by atoms with Crippen molar-refractivity contribution in [2.24, 2.45) is 4.99 Å². The average molecular weight is 286 g/mol. The molecule has 5 heteroatoms. The highest BCUT2D eigenvalue weighted by Gasteiger charge is 2.03. The number of nitrogens with one attached hydrogen (secondary N) is 2. The molecule has 0 amide bonds. The predicted molar refractivity (Wildman–Crippen MR) is 77.7 cm³/mol. The Morgan fingerprint density at radius 3 is 2.72 bits per heavy atom. The Hall–Kier alpha value is -0.930. The van der Waals surface area contributed by atoms with Gasteiger partial charge in [0.25, 0.3) is 0 Å². The molecule has 1 aliphatic rings. The van der Waals surface area contributed by atoms with Gasteiger partial charge >= 0.3 is 0 Å². The van der Waals surface area contributed by atoms with E-state index in [0.29, 0.717) is 10.0 Å². The Balaban J connectivity index is 1.82. The van der Waals surface area contributed by atoms with Gasteiger partial charge in [0.2, 0.25) is 0 Å². The molecule has 0 radical (unpaired) electrons. The predicted octanol–water partition coefficient (Wildman–Crippen LogP) is 2.86. The first kappa shape index (κ1) is 13.5. The van der Waals surface area contributed by atoms with E-state index in [1.54, 1.807) is 6.07 Å². The van der Waals surface area contributed by atoms with Crippen LogP contribution in [-0.4, -0.2) is 25.6 Å². The number of nitrogens with zero attached hydrogens (tertiary/aromatic N) is 1. The number of aliphatic imine (C=N–C) groups is 1. The second-order valence-corrected chi connectivity index (χ2v) is 5.19. The molecule has 3 nitrogen and oxygen atoms in total. The van der Waals surface area contributed by atoms with Crippen molar-refractivity contribution in [3.8, 4) is 0 Å². The van der Waals surface area contributed by atoms with Crippen molar-refractivity contribution in [2.45, 2.75) is 19.3 Å². The molecule has 1 aliphatic heterocycles. The molecular weight excluding hydrogens is 269 g/mol. The van der Waals surface area contributed by atoms with Crippen molar-refractivity contribution >= 4 is 29.2 Å². The molecule has 1 heterocycles. The van der Waals surface area contributed by atoms with Gasteiger partial charge in [-0.3, -0.25) is 4.99 Å². The minimum Gasteiger partial charge on any atom is -0.356 e. The lowest BCUT2D eigenvalue weighted by Gasteiger charge is -2.10. The maximum absolute atomic E-state index is 5.96. The molecule has 0 unspecified atom stereocenters. The highest BCUT2D eigenvalue weighted by atomic mass is 35.5. The van der Waals surface area contributed by atoms with Gasteiger partial charge in [-0.1, -0.05) is 23.2 Å². The fourth-order valence-corrected chi connectivity index (χ4v) is 2.46. The van der Waals surface area contributed by atoms with Gasteiger partial charge in [0.1, 0.15) is 0 Å². The van der Waals surface area contributed by atoms with E-state index >= 15 is 0 Å². The molecule has 0 saturated heterocycles. The van der Waals surface area contributed by atoms with E-state index in [1.807, 2.05) is 12.1 Å². The molecule has 2 rings (SSSR count). The Bertz CT molecular complexity index is 412. The number of hydrogen-bond acceptors (Lipinski definition) is 3. The number of rotatable bonds is 3. The van der Waals surface area contributed by atoms with E-state index in [9.17, 15) is 0 Å². The third kappa shape index (κ3) is 4.39. The normalized spacial score (nSPS) is 15.6. The van der Waals surface area contributed by atoms with Crippen LogP contribution in [0.3, 0.4) is 0 Å². The van der Waals surface area contributed by atoms with Crippen molar-refractivity contribution in [1.82, 2.24) is 10.6 Å². The van der Waals surface area contributed by atoms with Crippen molar-refractivity contribution in [3.63, 3.8) is 0 Å². The molecular formula is C13H17Cl2N3. The Labute approximate surface area is 118 Å². The molecule has 0 bridgehead atoms. The standard InChI is InChI=1S/C13H17Cl2N3/c14-11-7-10(8-12(15)9-11)3-6-18-13-16-4-1-2-5-17-13/h7-9H,1-6H2,(H2,16,17,18). The lowest BCUT2D eigenvalue weighted by atomic mass is 10.1. The Morgan fingerprint density at radius 1 is 1.17 bits per heavy atom. The lowest BCUT2D eigenvalue weighted by Crippen LogP contribution is -2.38. The summed E-state index contributed by atoms with van der Waals surface area (Å²) in [6, 6.07) is 5.63. The van der Waals surface area contributed by atoms with Crippen molar-refractivity contribution in [2.75, 3.05) is 19.6 Å². The zero-order valence-electron chi connectivity index (χ0n) is 10.2. The van der Waals surface area contributed by atoms with Crippen LogP contribution in [0.4, 0.5) is 0 Å². The summed E-state index contributed by atoms with van der Waals surface area (Å²) in [5.74, 6) is 0.903. The van der Waals surface area contributed by atoms with Crippen molar-refractivity contribution < 1.29 is 0 Å². The van der Waals surface area contributed by atoms with Crippen molar-refractivity contribution in [1.29, 1.82) is 0 Å². The molecule has 0 atom stereocenters. The van der Waals surface area contributed by atoms with E-state index in [1.165, 1.54) is 6.42 Å². The largest absolute Gasteiger partial charge is 0.356 e. The minimum atomic E-state index is 0.683. The third-order valence-electron chi connectivity index (χ3n) is 2.78. The average Bonchev–Trinajstić information content (AvgIpc) is 2.56. The molecule has 1 aromatic carbocycles. The molecule has 0 saturated carbocycles. The van der Waals surface area contributed by atoms with Crippen LogP contribution in [0.1, 0.15) is 18.4 Å². The fourth-order valence-electron chi connectivity index (χ4n) is 1.89. The monoisotopic (exact) mass is 285 g/mol. The highest BCUT2D eigenvalue weighted by molar-refractivity contribution is 6.34. The minimum absolute atomic E-state index is 0.683. The molecule has 0 aliphatic carbocycles. The van der Waals surface area contributed by atoms with Crippen LogP contribution in [0.25, 0.3) is 0 Å².